The number of benzene rings is 2. The van der Waals surface area contributed by atoms with Crippen molar-refractivity contribution in [2.75, 3.05) is 11.4 Å². The monoisotopic (exact) mass is 466 g/mol. The van der Waals surface area contributed by atoms with Gasteiger partial charge in [-0.25, -0.2) is 4.98 Å². The normalized spacial score (nSPS) is 14.7. The highest BCUT2D eigenvalue weighted by Crippen LogP contribution is 2.40. The average Bonchev–Trinajstić information content (AvgIpc) is 3.53. The van der Waals surface area contributed by atoms with E-state index in [9.17, 15) is 9.59 Å². The van der Waals surface area contributed by atoms with Gasteiger partial charge in [-0.1, -0.05) is 18.2 Å². The zero-order chi connectivity index (χ0) is 24.4. The molecule has 0 fully saturated rings. The van der Waals surface area contributed by atoms with Crippen molar-refractivity contribution in [3.63, 3.8) is 0 Å². The largest absolute Gasteiger partial charge is 0.348 e. The van der Waals surface area contributed by atoms with Crippen LogP contribution in [-0.2, 0) is 6.54 Å². The molecule has 0 saturated heterocycles. The summed E-state index contributed by atoms with van der Waals surface area (Å²) in [4.78, 5) is 36.6. The van der Waals surface area contributed by atoms with Crippen LogP contribution < -0.4 is 10.2 Å². The lowest BCUT2D eigenvalue weighted by Gasteiger charge is -2.18. The molecule has 0 aliphatic carbocycles. The number of carbonyl (C=O) groups excluding carboxylic acids is 2. The lowest BCUT2D eigenvalue weighted by Crippen LogP contribution is -2.30. The molecule has 8 nitrogen and oxygen atoms in total. The molecule has 2 amide bonds. The van der Waals surface area contributed by atoms with Gasteiger partial charge < -0.3 is 10.2 Å². The Balaban J connectivity index is 1.47. The summed E-state index contributed by atoms with van der Waals surface area (Å²) in [6, 6.07) is 18.6. The van der Waals surface area contributed by atoms with E-state index in [0.717, 1.165) is 16.8 Å². The minimum Gasteiger partial charge on any atom is -0.348 e. The Kier molecular flexibility index (Phi) is 6.10. The molecule has 1 N–H and O–H groups in total. The van der Waals surface area contributed by atoms with Crippen LogP contribution in [0.25, 0.3) is 0 Å². The fraction of sp³-hybridized carbons (Fsp3) is 0.222. The number of amides is 2. The number of nitrogens with one attached hydrogen (secondary N) is 1. The van der Waals surface area contributed by atoms with Gasteiger partial charge in [0.1, 0.15) is 6.33 Å². The number of nitrogens with zero attached hydrogens (tertiary/aromatic N) is 5. The molecule has 0 saturated carbocycles. The minimum absolute atomic E-state index is 0.0902. The lowest BCUT2D eigenvalue weighted by molar-refractivity contribution is 0.0949. The quantitative estimate of drug-likeness (QED) is 0.464. The first-order chi connectivity index (χ1) is 17.0. The Morgan fingerprint density at radius 2 is 1.80 bits per heavy atom. The predicted octanol–water partition coefficient (Wildman–Crippen LogP) is 3.98. The van der Waals surface area contributed by atoms with Crippen LogP contribution in [0.2, 0.25) is 0 Å². The third-order valence-corrected chi connectivity index (χ3v) is 6.16. The highest BCUT2D eigenvalue weighted by Gasteiger charge is 2.36. The lowest BCUT2D eigenvalue weighted by atomic mass is 9.98. The van der Waals surface area contributed by atoms with Crippen molar-refractivity contribution in [1.82, 2.24) is 25.1 Å². The standard InChI is InChI=1S/C27H26N6O2/c1-18(2)33-17-30-25(31-33)23-16-32(27(35)20-6-4-3-5-7-20)24-9-8-21(14-22(23)24)26(34)29-15-19-10-12-28-13-11-19/h3-14,17-18,23H,15-16H2,1-2H3,(H,29,34)/t23-/m0/s1. The van der Waals surface area contributed by atoms with Gasteiger partial charge >= 0.3 is 0 Å². The van der Waals surface area contributed by atoms with Crippen LogP contribution in [0.3, 0.4) is 0 Å². The van der Waals surface area contributed by atoms with E-state index < -0.39 is 0 Å². The van der Waals surface area contributed by atoms with Crippen LogP contribution in [0, 0.1) is 0 Å². The second-order valence-electron chi connectivity index (χ2n) is 8.82. The van der Waals surface area contributed by atoms with E-state index in [1.165, 1.54) is 0 Å². The highest BCUT2D eigenvalue weighted by molar-refractivity contribution is 6.08. The highest BCUT2D eigenvalue weighted by atomic mass is 16.2. The van der Waals surface area contributed by atoms with Gasteiger partial charge in [-0.3, -0.25) is 19.3 Å². The summed E-state index contributed by atoms with van der Waals surface area (Å²) in [5, 5.41) is 7.63. The topological polar surface area (TPSA) is 93.0 Å². The predicted molar refractivity (Wildman–Crippen MR) is 132 cm³/mol. The van der Waals surface area contributed by atoms with Crippen molar-refractivity contribution in [2.24, 2.45) is 0 Å². The summed E-state index contributed by atoms with van der Waals surface area (Å²) in [7, 11) is 0. The minimum atomic E-state index is -0.231. The zero-order valence-electron chi connectivity index (χ0n) is 19.6. The van der Waals surface area contributed by atoms with Crippen molar-refractivity contribution < 1.29 is 9.59 Å². The summed E-state index contributed by atoms with van der Waals surface area (Å²) in [5.41, 5.74) is 3.75. The molecule has 0 radical (unpaired) electrons. The number of carbonyl (C=O) groups is 2. The molecule has 1 aliphatic rings. The molecule has 4 aromatic rings. The summed E-state index contributed by atoms with van der Waals surface area (Å²) < 4.78 is 1.81. The summed E-state index contributed by atoms with van der Waals surface area (Å²) in [6.45, 7) is 4.89. The van der Waals surface area contributed by atoms with Gasteiger partial charge in [-0.2, -0.15) is 5.10 Å². The first-order valence-corrected chi connectivity index (χ1v) is 11.6. The number of pyridine rings is 1. The van der Waals surface area contributed by atoms with Crippen molar-refractivity contribution >= 4 is 17.5 Å². The van der Waals surface area contributed by atoms with Gasteiger partial charge in [0, 0.05) is 48.3 Å². The van der Waals surface area contributed by atoms with Crippen LogP contribution in [0.15, 0.2) is 79.4 Å². The van der Waals surface area contributed by atoms with E-state index in [-0.39, 0.29) is 23.8 Å². The van der Waals surface area contributed by atoms with Crippen LogP contribution in [0.4, 0.5) is 5.69 Å². The number of hydrogen-bond donors (Lipinski definition) is 1. The van der Waals surface area contributed by atoms with Gasteiger partial charge in [0.25, 0.3) is 11.8 Å². The van der Waals surface area contributed by atoms with E-state index in [1.54, 1.807) is 29.7 Å². The van der Waals surface area contributed by atoms with Crippen LogP contribution in [0.1, 0.15) is 63.5 Å². The van der Waals surface area contributed by atoms with Gasteiger partial charge in [-0.05, 0) is 67.4 Å². The third-order valence-electron chi connectivity index (χ3n) is 6.16. The number of aromatic nitrogens is 4. The molecule has 1 aliphatic heterocycles. The Hall–Kier alpha value is -4.33. The van der Waals surface area contributed by atoms with Crippen molar-refractivity contribution in [3.05, 3.63) is 107 Å². The number of fused-ring (bicyclic) bond motifs is 1. The molecule has 176 valence electrons. The van der Waals surface area contributed by atoms with Crippen LogP contribution >= 0.6 is 0 Å². The fourth-order valence-corrected chi connectivity index (χ4v) is 4.23. The van der Waals surface area contributed by atoms with E-state index in [0.29, 0.717) is 30.0 Å². The Morgan fingerprint density at radius 1 is 1.03 bits per heavy atom. The van der Waals surface area contributed by atoms with Crippen molar-refractivity contribution in [1.29, 1.82) is 0 Å². The Labute approximate surface area is 203 Å². The third kappa shape index (κ3) is 4.55. The van der Waals surface area contributed by atoms with Crippen LogP contribution in [0.5, 0.6) is 0 Å². The first-order valence-electron chi connectivity index (χ1n) is 11.6. The van der Waals surface area contributed by atoms with Gasteiger partial charge in [0.15, 0.2) is 5.82 Å². The Morgan fingerprint density at radius 3 is 2.51 bits per heavy atom. The number of hydrogen-bond acceptors (Lipinski definition) is 5. The molecular weight excluding hydrogens is 440 g/mol. The summed E-state index contributed by atoms with van der Waals surface area (Å²) >= 11 is 0. The molecule has 3 heterocycles. The molecule has 2 aromatic carbocycles. The molecule has 35 heavy (non-hydrogen) atoms. The summed E-state index contributed by atoms with van der Waals surface area (Å²) in [6.07, 6.45) is 5.11. The molecule has 2 aromatic heterocycles. The maximum Gasteiger partial charge on any atom is 0.258 e. The van der Waals surface area contributed by atoms with E-state index in [4.69, 9.17) is 0 Å². The number of anilines is 1. The maximum atomic E-state index is 13.4. The van der Waals surface area contributed by atoms with E-state index >= 15 is 0 Å². The van der Waals surface area contributed by atoms with Crippen LogP contribution in [-0.4, -0.2) is 38.1 Å². The zero-order valence-corrected chi connectivity index (χ0v) is 19.6. The van der Waals surface area contributed by atoms with E-state index in [1.807, 2.05) is 73.1 Å². The van der Waals surface area contributed by atoms with Gasteiger partial charge in [0.2, 0.25) is 0 Å². The molecular formula is C27H26N6O2. The smallest absolute Gasteiger partial charge is 0.258 e. The first kappa shape index (κ1) is 22.5. The van der Waals surface area contributed by atoms with Crippen molar-refractivity contribution in [2.45, 2.75) is 32.4 Å². The summed E-state index contributed by atoms with van der Waals surface area (Å²) in [5.74, 6) is 0.132. The average molecular weight is 467 g/mol. The molecule has 5 rings (SSSR count). The van der Waals surface area contributed by atoms with E-state index in [2.05, 4.69) is 20.4 Å². The number of rotatable bonds is 6. The molecule has 0 bridgehead atoms. The van der Waals surface area contributed by atoms with Gasteiger partial charge in [0.05, 0.1) is 5.92 Å². The second kappa shape index (κ2) is 9.50. The molecule has 0 spiro atoms. The van der Waals surface area contributed by atoms with Gasteiger partial charge in [-0.15, -0.1) is 0 Å². The van der Waals surface area contributed by atoms with Crippen molar-refractivity contribution in [3.8, 4) is 0 Å². The SMILES string of the molecule is CC(C)n1cnc([C@H]2CN(C(=O)c3ccccc3)c3ccc(C(=O)NCc4ccncc4)cc32)n1. The fourth-order valence-electron chi connectivity index (χ4n) is 4.23. The molecule has 8 heteroatoms. The second-order valence-corrected chi connectivity index (χ2v) is 8.82. The molecule has 1 atom stereocenters. The maximum absolute atomic E-state index is 13.4. The Bertz CT molecular complexity index is 1350. The molecule has 0 unspecified atom stereocenters.